The van der Waals surface area contributed by atoms with Crippen LogP contribution in [0, 0.1) is 0 Å². The molecule has 3 aromatic carbocycles. The van der Waals surface area contributed by atoms with Crippen LogP contribution in [0.25, 0.3) is 12.2 Å². The third kappa shape index (κ3) is 5.78. The van der Waals surface area contributed by atoms with E-state index in [1.165, 1.54) is 46.6 Å². The second kappa shape index (κ2) is 11.1. The van der Waals surface area contributed by atoms with E-state index in [4.69, 9.17) is 42.1 Å². The molecule has 0 aliphatic carbocycles. The molecular formula is C25H24Cl2O7S. The quantitative estimate of drug-likeness (QED) is 0.340. The summed E-state index contributed by atoms with van der Waals surface area (Å²) in [7, 11) is 2.04. The fourth-order valence-corrected chi connectivity index (χ4v) is 5.22. The zero-order chi connectivity index (χ0) is 25.8. The Morgan fingerprint density at radius 2 is 1.43 bits per heavy atom. The van der Waals surface area contributed by atoms with Gasteiger partial charge < -0.3 is 24.1 Å². The number of phenols is 1. The summed E-state index contributed by atoms with van der Waals surface area (Å²) in [4.78, 5) is -0.0197. The minimum absolute atomic E-state index is 0.0197. The van der Waals surface area contributed by atoms with Crippen LogP contribution in [0.1, 0.15) is 16.7 Å². The van der Waals surface area contributed by atoms with Crippen molar-refractivity contribution in [3.63, 3.8) is 0 Å². The SMILES string of the molecule is COc1ccc(/C=C\c2cc(OC)c(OC)c(OC)c2)c(CS(=O)(=O)c2ccc(Cl)c(Cl)c2)c1O. The van der Waals surface area contributed by atoms with Crippen molar-refractivity contribution in [1.82, 2.24) is 0 Å². The number of sulfone groups is 1. The van der Waals surface area contributed by atoms with E-state index in [-0.39, 0.29) is 32.0 Å². The van der Waals surface area contributed by atoms with E-state index in [0.717, 1.165) is 0 Å². The second-order valence-electron chi connectivity index (χ2n) is 7.31. The van der Waals surface area contributed by atoms with Crippen LogP contribution >= 0.6 is 23.2 Å². The molecule has 0 aliphatic heterocycles. The van der Waals surface area contributed by atoms with Crippen molar-refractivity contribution in [3.8, 4) is 28.7 Å². The normalized spacial score (nSPS) is 11.5. The molecule has 0 aromatic heterocycles. The molecule has 0 spiro atoms. The minimum atomic E-state index is -3.88. The van der Waals surface area contributed by atoms with Crippen molar-refractivity contribution in [3.05, 3.63) is 69.2 Å². The molecule has 0 saturated heterocycles. The monoisotopic (exact) mass is 538 g/mol. The first-order valence-corrected chi connectivity index (χ1v) is 12.6. The smallest absolute Gasteiger partial charge is 0.203 e. The van der Waals surface area contributed by atoms with E-state index in [1.54, 1.807) is 36.4 Å². The van der Waals surface area contributed by atoms with E-state index in [2.05, 4.69) is 0 Å². The molecule has 0 unspecified atom stereocenters. The highest BCUT2D eigenvalue weighted by molar-refractivity contribution is 7.90. The van der Waals surface area contributed by atoms with Gasteiger partial charge in [-0.05, 0) is 47.5 Å². The van der Waals surface area contributed by atoms with Crippen LogP contribution in [-0.2, 0) is 15.6 Å². The molecule has 0 heterocycles. The standard InChI is InChI=1S/C25H24Cl2O7S/c1-31-21-10-7-16(6-5-15-11-22(32-2)25(34-4)23(12-15)33-3)18(24(21)28)14-35(29,30)17-8-9-19(26)20(27)13-17/h5-13,28H,14H2,1-4H3/b6-5-. The number of benzene rings is 3. The Morgan fingerprint density at radius 1 is 0.800 bits per heavy atom. The molecule has 1 N–H and O–H groups in total. The van der Waals surface area contributed by atoms with Crippen molar-refractivity contribution in [2.45, 2.75) is 10.6 Å². The lowest BCUT2D eigenvalue weighted by atomic mass is 10.0. The molecule has 0 atom stereocenters. The number of methoxy groups -OCH3 is 4. The van der Waals surface area contributed by atoms with Crippen molar-refractivity contribution in [2.24, 2.45) is 0 Å². The number of phenolic OH excluding ortho intramolecular Hbond substituents is 1. The van der Waals surface area contributed by atoms with E-state index < -0.39 is 15.6 Å². The second-order valence-corrected chi connectivity index (χ2v) is 10.1. The van der Waals surface area contributed by atoms with Crippen molar-refractivity contribution < 1.29 is 32.5 Å². The number of hydrogen-bond donors (Lipinski definition) is 1. The molecule has 35 heavy (non-hydrogen) atoms. The minimum Gasteiger partial charge on any atom is -0.504 e. The zero-order valence-electron chi connectivity index (χ0n) is 19.5. The lowest BCUT2D eigenvalue weighted by molar-refractivity contribution is 0.324. The maximum absolute atomic E-state index is 13.2. The van der Waals surface area contributed by atoms with Crippen molar-refractivity contribution in [1.29, 1.82) is 0 Å². The first-order valence-electron chi connectivity index (χ1n) is 10.2. The molecule has 10 heteroatoms. The van der Waals surface area contributed by atoms with Gasteiger partial charge in [0.25, 0.3) is 0 Å². The first-order chi connectivity index (χ1) is 16.6. The van der Waals surface area contributed by atoms with Gasteiger partial charge in [-0.15, -0.1) is 0 Å². The molecule has 0 fully saturated rings. The predicted molar refractivity (Wildman–Crippen MR) is 137 cm³/mol. The Balaban J connectivity index is 2.07. The summed E-state index contributed by atoms with van der Waals surface area (Å²) >= 11 is 11.9. The van der Waals surface area contributed by atoms with E-state index in [9.17, 15) is 13.5 Å². The number of aromatic hydroxyl groups is 1. The lowest BCUT2D eigenvalue weighted by Gasteiger charge is -2.14. The summed E-state index contributed by atoms with van der Waals surface area (Å²) in [6.45, 7) is 0. The molecule has 186 valence electrons. The first kappa shape index (κ1) is 26.5. The number of rotatable bonds is 9. The van der Waals surface area contributed by atoms with Gasteiger partial charge in [-0.1, -0.05) is 41.4 Å². The Hall–Kier alpha value is -3.07. The van der Waals surface area contributed by atoms with Crippen LogP contribution in [0.2, 0.25) is 10.0 Å². The molecule has 0 amide bonds. The van der Waals surface area contributed by atoms with Crippen LogP contribution < -0.4 is 18.9 Å². The molecule has 0 radical (unpaired) electrons. The molecule has 7 nitrogen and oxygen atoms in total. The maximum atomic E-state index is 13.2. The van der Waals surface area contributed by atoms with E-state index in [0.29, 0.717) is 28.4 Å². The fourth-order valence-electron chi connectivity index (χ4n) is 3.43. The largest absolute Gasteiger partial charge is 0.504 e. The summed E-state index contributed by atoms with van der Waals surface area (Å²) in [6, 6.07) is 10.8. The van der Waals surface area contributed by atoms with Crippen LogP contribution in [-0.4, -0.2) is 42.0 Å². The Kier molecular flexibility index (Phi) is 8.43. The van der Waals surface area contributed by atoms with Gasteiger partial charge in [0, 0.05) is 5.56 Å². The maximum Gasteiger partial charge on any atom is 0.203 e. The van der Waals surface area contributed by atoms with Gasteiger partial charge in [0.1, 0.15) is 0 Å². The number of ether oxygens (including phenoxy) is 4. The van der Waals surface area contributed by atoms with Gasteiger partial charge in [0.2, 0.25) is 5.75 Å². The average molecular weight is 539 g/mol. The lowest BCUT2D eigenvalue weighted by Crippen LogP contribution is -2.07. The van der Waals surface area contributed by atoms with Crippen LogP contribution in [0.4, 0.5) is 0 Å². The third-order valence-electron chi connectivity index (χ3n) is 5.23. The predicted octanol–water partition coefficient (Wildman–Crippen LogP) is 5.88. The van der Waals surface area contributed by atoms with Gasteiger partial charge in [0.15, 0.2) is 32.8 Å². The summed E-state index contributed by atoms with van der Waals surface area (Å²) in [5, 5.41) is 11.1. The van der Waals surface area contributed by atoms with Crippen LogP contribution in [0.5, 0.6) is 28.7 Å². The average Bonchev–Trinajstić information content (AvgIpc) is 2.85. The van der Waals surface area contributed by atoms with Crippen LogP contribution in [0.3, 0.4) is 0 Å². The van der Waals surface area contributed by atoms with Gasteiger partial charge in [-0.25, -0.2) is 8.42 Å². The van der Waals surface area contributed by atoms with Gasteiger partial charge in [0.05, 0.1) is 49.1 Å². The summed E-state index contributed by atoms with van der Waals surface area (Å²) in [5.74, 6) is 0.751. The van der Waals surface area contributed by atoms with Crippen molar-refractivity contribution >= 4 is 45.2 Å². The van der Waals surface area contributed by atoms with Gasteiger partial charge in [-0.2, -0.15) is 0 Å². The number of halogens is 2. The number of hydrogen-bond acceptors (Lipinski definition) is 7. The Morgan fingerprint density at radius 3 is 1.97 bits per heavy atom. The van der Waals surface area contributed by atoms with E-state index in [1.807, 2.05) is 0 Å². The molecule has 3 rings (SSSR count). The fraction of sp³-hybridized carbons (Fsp3) is 0.200. The van der Waals surface area contributed by atoms with E-state index >= 15 is 0 Å². The highest BCUT2D eigenvalue weighted by atomic mass is 35.5. The molecular weight excluding hydrogens is 515 g/mol. The van der Waals surface area contributed by atoms with Crippen molar-refractivity contribution in [2.75, 3.05) is 28.4 Å². The summed E-state index contributed by atoms with van der Waals surface area (Å²) < 4.78 is 47.6. The highest BCUT2D eigenvalue weighted by Crippen LogP contribution is 2.40. The molecule has 3 aromatic rings. The Bertz CT molecular complexity index is 1340. The molecule has 0 saturated carbocycles. The summed E-state index contributed by atoms with van der Waals surface area (Å²) in [5.41, 5.74) is 1.34. The Labute approximate surface area is 214 Å². The third-order valence-corrected chi connectivity index (χ3v) is 7.61. The van der Waals surface area contributed by atoms with Crippen LogP contribution in [0.15, 0.2) is 47.4 Å². The molecule has 0 bridgehead atoms. The molecule has 0 aliphatic rings. The van der Waals surface area contributed by atoms with Gasteiger partial charge >= 0.3 is 0 Å². The summed E-state index contributed by atoms with van der Waals surface area (Å²) in [6.07, 6.45) is 3.42. The topological polar surface area (TPSA) is 91.3 Å². The highest BCUT2D eigenvalue weighted by Gasteiger charge is 2.22. The zero-order valence-corrected chi connectivity index (χ0v) is 21.8. The van der Waals surface area contributed by atoms with Gasteiger partial charge in [-0.3, -0.25) is 0 Å².